The van der Waals surface area contributed by atoms with Gasteiger partial charge in [-0.3, -0.25) is 0 Å². The van der Waals surface area contributed by atoms with E-state index in [2.05, 4.69) is 69.5 Å². The number of benzene rings is 1. The third kappa shape index (κ3) is 5.18. The maximum atomic E-state index is 5.25. The molecule has 0 aliphatic carbocycles. The lowest BCUT2D eigenvalue weighted by molar-refractivity contribution is 0.515. The van der Waals surface area contributed by atoms with Crippen LogP contribution in [-0.4, -0.2) is 10.7 Å². The van der Waals surface area contributed by atoms with Crippen LogP contribution in [0.5, 0.6) is 0 Å². The van der Waals surface area contributed by atoms with Crippen molar-refractivity contribution in [2.24, 2.45) is 0 Å². The molecule has 1 rings (SSSR count). The summed E-state index contributed by atoms with van der Waals surface area (Å²) in [5.74, 6) is 0.559. The quantitative estimate of drug-likeness (QED) is 0.779. The molecule has 0 radical (unpaired) electrons. The normalized spacial score (nSPS) is 11.4. The molecule has 0 heterocycles. The minimum atomic E-state index is -0.0119. The zero-order valence-electron chi connectivity index (χ0n) is 11.3. The van der Waals surface area contributed by atoms with Gasteiger partial charge in [0.25, 0.3) is 0 Å². The van der Waals surface area contributed by atoms with E-state index in [1.54, 1.807) is 0 Å². The van der Waals surface area contributed by atoms with Gasteiger partial charge in [-0.25, -0.2) is 0 Å². The molecule has 0 aromatic heterocycles. The maximum absolute atomic E-state index is 5.25. The maximum Gasteiger partial charge on any atom is 0.171 e. The monoisotopic (exact) mass is 250 g/mol. The van der Waals surface area contributed by atoms with E-state index < -0.39 is 0 Å². The van der Waals surface area contributed by atoms with E-state index in [0.29, 0.717) is 11.0 Å². The summed E-state index contributed by atoms with van der Waals surface area (Å²) >= 11 is 5.25. The van der Waals surface area contributed by atoms with Gasteiger partial charge in [0.1, 0.15) is 0 Å². The SMILES string of the molecule is CC(C)c1ccc(NC(=S)NC(C)(C)C)cc1. The number of nitrogens with one attached hydrogen (secondary N) is 2. The average Bonchev–Trinajstić information content (AvgIpc) is 2.15. The van der Waals surface area contributed by atoms with E-state index >= 15 is 0 Å². The Bertz CT molecular complexity index is 374. The number of hydrogen-bond acceptors (Lipinski definition) is 1. The van der Waals surface area contributed by atoms with Crippen LogP contribution in [0.4, 0.5) is 5.69 Å². The van der Waals surface area contributed by atoms with Crippen LogP contribution in [0, 0.1) is 0 Å². The second-order valence-electron chi connectivity index (χ2n) is 5.61. The highest BCUT2D eigenvalue weighted by atomic mass is 32.1. The Morgan fingerprint density at radius 1 is 1.12 bits per heavy atom. The van der Waals surface area contributed by atoms with Gasteiger partial charge in [0, 0.05) is 11.2 Å². The first-order valence-electron chi connectivity index (χ1n) is 5.97. The lowest BCUT2D eigenvalue weighted by Crippen LogP contribution is -2.42. The highest BCUT2D eigenvalue weighted by molar-refractivity contribution is 7.80. The largest absolute Gasteiger partial charge is 0.358 e. The molecule has 0 saturated heterocycles. The van der Waals surface area contributed by atoms with E-state index in [-0.39, 0.29) is 5.54 Å². The number of anilines is 1. The van der Waals surface area contributed by atoms with Crippen LogP contribution in [0.1, 0.15) is 46.1 Å². The minimum absolute atomic E-state index is 0.0119. The van der Waals surface area contributed by atoms with E-state index in [9.17, 15) is 0 Å². The van der Waals surface area contributed by atoms with Crippen LogP contribution in [0.2, 0.25) is 0 Å². The Morgan fingerprint density at radius 3 is 2.06 bits per heavy atom. The third-order valence-corrected chi connectivity index (χ3v) is 2.53. The van der Waals surface area contributed by atoms with Crippen LogP contribution in [0.3, 0.4) is 0 Å². The number of thiocarbonyl (C=S) groups is 1. The Balaban J connectivity index is 2.61. The number of rotatable bonds is 2. The summed E-state index contributed by atoms with van der Waals surface area (Å²) in [6.45, 7) is 10.6. The molecule has 3 heteroatoms. The van der Waals surface area contributed by atoms with Gasteiger partial charge in [0.05, 0.1) is 0 Å². The van der Waals surface area contributed by atoms with Gasteiger partial charge in [0.15, 0.2) is 5.11 Å². The van der Waals surface area contributed by atoms with E-state index in [4.69, 9.17) is 12.2 Å². The smallest absolute Gasteiger partial charge is 0.171 e. The Morgan fingerprint density at radius 2 is 1.65 bits per heavy atom. The molecule has 0 atom stereocenters. The molecule has 0 amide bonds. The second-order valence-corrected chi connectivity index (χ2v) is 6.01. The van der Waals surface area contributed by atoms with Gasteiger partial charge < -0.3 is 10.6 Å². The summed E-state index contributed by atoms with van der Waals surface area (Å²) in [7, 11) is 0. The standard InChI is InChI=1S/C14H22N2S/c1-10(2)11-6-8-12(9-7-11)15-13(17)16-14(3,4)5/h6-10H,1-5H3,(H2,15,16,17). The van der Waals surface area contributed by atoms with E-state index in [1.807, 2.05) is 0 Å². The molecule has 0 aliphatic heterocycles. The molecule has 2 nitrogen and oxygen atoms in total. The Labute approximate surface area is 110 Å². The molecular weight excluding hydrogens is 228 g/mol. The van der Waals surface area contributed by atoms with Crippen LogP contribution in [-0.2, 0) is 0 Å². The predicted octanol–water partition coefficient (Wildman–Crippen LogP) is 3.89. The highest BCUT2D eigenvalue weighted by Gasteiger charge is 2.10. The molecule has 0 fully saturated rings. The predicted molar refractivity (Wildman–Crippen MR) is 79.6 cm³/mol. The molecule has 2 N–H and O–H groups in total. The van der Waals surface area contributed by atoms with Crippen molar-refractivity contribution >= 4 is 23.0 Å². The molecule has 0 saturated carbocycles. The molecule has 94 valence electrons. The van der Waals surface area contributed by atoms with Crippen molar-refractivity contribution in [1.82, 2.24) is 5.32 Å². The average molecular weight is 250 g/mol. The summed E-state index contributed by atoms with van der Waals surface area (Å²) < 4.78 is 0. The summed E-state index contributed by atoms with van der Waals surface area (Å²) in [6, 6.07) is 8.39. The molecule has 0 spiro atoms. The Kier molecular flexibility index (Phi) is 4.52. The van der Waals surface area contributed by atoms with Crippen molar-refractivity contribution in [3.63, 3.8) is 0 Å². The van der Waals surface area contributed by atoms with Crippen molar-refractivity contribution in [2.75, 3.05) is 5.32 Å². The third-order valence-electron chi connectivity index (χ3n) is 2.32. The second kappa shape index (κ2) is 5.50. The first-order valence-corrected chi connectivity index (χ1v) is 6.38. The molecule has 0 aliphatic rings. The number of hydrogen-bond donors (Lipinski definition) is 2. The van der Waals surface area contributed by atoms with Crippen molar-refractivity contribution in [3.05, 3.63) is 29.8 Å². The topological polar surface area (TPSA) is 24.1 Å². The summed E-state index contributed by atoms with van der Waals surface area (Å²) in [6.07, 6.45) is 0. The minimum Gasteiger partial charge on any atom is -0.358 e. The first-order chi connectivity index (χ1) is 7.78. The van der Waals surface area contributed by atoms with Gasteiger partial charge in [-0.1, -0.05) is 26.0 Å². The molecule has 1 aromatic rings. The van der Waals surface area contributed by atoms with Gasteiger partial charge in [0.2, 0.25) is 0 Å². The fourth-order valence-corrected chi connectivity index (χ4v) is 1.88. The summed E-state index contributed by atoms with van der Waals surface area (Å²) in [5, 5.41) is 7.07. The zero-order valence-corrected chi connectivity index (χ0v) is 12.1. The molecular formula is C14H22N2S. The van der Waals surface area contributed by atoms with Gasteiger partial charge >= 0.3 is 0 Å². The van der Waals surface area contributed by atoms with Crippen molar-refractivity contribution in [1.29, 1.82) is 0 Å². The van der Waals surface area contributed by atoms with Crippen LogP contribution >= 0.6 is 12.2 Å². The van der Waals surface area contributed by atoms with Gasteiger partial charge in [-0.05, 0) is 56.6 Å². The fourth-order valence-electron chi connectivity index (χ4n) is 1.45. The highest BCUT2D eigenvalue weighted by Crippen LogP contribution is 2.17. The molecule has 17 heavy (non-hydrogen) atoms. The van der Waals surface area contributed by atoms with E-state index in [0.717, 1.165) is 5.69 Å². The molecule has 1 aromatic carbocycles. The first kappa shape index (κ1) is 14.0. The zero-order chi connectivity index (χ0) is 13.1. The van der Waals surface area contributed by atoms with Crippen molar-refractivity contribution < 1.29 is 0 Å². The van der Waals surface area contributed by atoms with Crippen molar-refractivity contribution in [3.8, 4) is 0 Å². The van der Waals surface area contributed by atoms with Crippen molar-refractivity contribution in [2.45, 2.75) is 46.1 Å². The molecule has 0 unspecified atom stereocenters. The van der Waals surface area contributed by atoms with Gasteiger partial charge in [-0.2, -0.15) is 0 Å². The fraction of sp³-hybridized carbons (Fsp3) is 0.500. The molecule has 0 bridgehead atoms. The van der Waals surface area contributed by atoms with Crippen LogP contribution < -0.4 is 10.6 Å². The lowest BCUT2D eigenvalue weighted by atomic mass is 10.0. The summed E-state index contributed by atoms with van der Waals surface area (Å²) in [5.41, 5.74) is 2.35. The summed E-state index contributed by atoms with van der Waals surface area (Å²) in [4.78, 5) is 0. The van der Waals surface area contributed by atoms with Crippen LogP contribution in [0.15, 0.2) is 24.3 Å². The van der Waals surface area contributed by atoms with E-state index in [1.165, 1.54) is 5.56 Å². The lowest BCUT2D eigenvalue weighted by Gasteiger charge is -2.23. The van der Waals surface area contributed by atoms with Crippen LogP contribution in [0.25, 0.3) is 0 Å². The Hall–Kier alpha value is -1.09. The van der Waals surface area contributed by atoms with Gasteiger partial charge in [-0.15, -0.1) is 0 Å².